The first-order valence-corrected chi connectivity index (χ1v) is 8.12. The molecule has 0 aliphatic carbocycles. The third kappa shape index (κ3) is 5.27. The van der Waals surface area contributed by atoms with E-state index in [1.54, 1.807) is 49.4 Å². The van der Waals surface area contributed by atoms with E-state index in [0.29, 0.717) is 21.4 Å². The molecule has 8 heteroatoms. The zero-order valence-electron chi connectivity index (χ0n) is 13.6. The lowest BCUT2D eigenvalue weighted by Gasteiger charge is -2.16. The summed E-state index contributed by atoms with van der Waals surface area (Å²) in [6.07, 6.45) is -0.549. The molecule has 0 fully saturated rings. The number of hydrogen-bond acceptors (Lipinski definition) is 4. The van der Waals surface area contributed by atoms with Gasteiger partial charge in [0.05, 0.1) is 22.8 Å². The van der Waals surface area contributed by atoms with Crippen molar-refractivity contribution in [2.24, 2.45) is 0 Å². The van der Waals surface area contributed by atoms with E-state index < -0.39 is 12.1 Å². The van der Waals surface area contributed by atoms with E-state index in [9.17, 15) is 9.59 Å². The lowest BCUT2D eigenvalue weighted by Crippen LogP contribution is -2.31. The molecule has 0 bridgehead atoms. The van der Waals surface area contributed by atoms with Crippen LogP contribution in [0, 0.1) is 0 Å². The molecular formula is C17H17Cl2N3O3. The third-order valence-corrected chi connectivity index (χ3v) is 4.12. The lowest BCUT2D eigenvalue weighted by atomic mass is 10.2. The maximum absolute atomic E-state index is 12.3. The van der Waals surface area contributed by atoms with E-state index in [2.05, 4.69) is 20.7 Å². The molecule has 0 aromatic heterocycles. The lowest BCUT2D eigenvalue weighted by molar-refractivity contribution is -0.116. The van der Waals surface area contributed by atoms with Gasteiger partial charge in [0.2, 0.25) is 5.91 Å². The fourth-order valence-corrected chi connectivity index (χ4v) is 2.32. The summed E-state index contributed by atoms with van der Waals surface area (Å²) < 4.78 is 4.52. The molecule has 0 aliphatic heterocycles. The van der Waals surface area contributed by atoms with E-state index in [4.69, 9.17) is 23.2 Å². The van der Waals surface area contributed by atoms with Crippen LogP contribution in [0.25, 0.3) is 0 Å². The van der Waals surface area contributed by atoms with Gasteiger partial charge in [0, 0.05) is 11.4 Å². The monoisotopic (exact) mass is 381 g/mol. The molecule has 2 amide bonds. The van der Waals surface area contributed by atoms with Crippen LogP contribution in [0.5, 0.6) is 0 Å². The molecule has 2 rings (SSSR count). The maximum atomic E-state index is 12.3. The van der Waals surface area contributed by atoms with Crippen molar-refractivity contribution in [3.05, 3.63) is 52.5 Å². The number of nitrogens with one attached hydrogen (secondary N) is 3. The van der Waals surface area contributed by atoms with Gasteiger partial charge < -0.3 is 15.4 Å². The number of anilines is 3. The Morgan fingerprint density at radius 1 is 1.00 bits per heavy atom. The first-order valence-electron chi connectivity index (χ1n) is 7.37. The van der Waals surface area contributed by atoms with Crippen LogP contribution in [0.2, 0.25) is 10.0 Å². The van der Waals surface area contributed by atoms with Crippen molar-refractivity contribution in [2.45, 2.75) is 13.0 Å². The number of carbonyl (C=O) groups is 2. The number of benzene rings is 2. The molecule has 1 unspecified atom stereocenters. The van der Waals surface area contributed by atoms with Crippen LogP contribution in [0.3, 0.4) is 0 Å². The summed E-state index contributed by atoms with van der Waals surface area (Å²) in [5.41, 5.74) is 1.75. The Morgan fingerprint density at radius 2 is 1.64 bits per heavy atom. The van der Waals surface area contributed by atoms with E-state index in [-0.39, 0.29) is 5.91 Å². The molecule has 0 aliphatic rings. The second-order valence-electron chi connectivity index (χ2n) is 5.15. The van der Waals surface area contributed by atoms with Gasteiger partial charge in [-0.25, -0.2) is 4.79 Å². The molecule has 0 radical (unpaired) electrons. The van der Waals surface area contributed by atoms with Crippen LogP contribution in [-0.2, 0) is 9.53 Å². The van der Waals surface area contributed by atoms with Gasteiger partial charge in [-0.15, -0.1) is 0 Å². The Hall–Kier alpha value is -2.44. The Kier molecular flexibility index (Phi) is 6.50. The average Bonchev–Trinajstić information content (AvgIpc) is 2.60. The molecule has 1 atom stereocenters. The molecule has 132 valence electrons. The Balaban J connectivity index is 1.96. The van der Waals surface area contributed by atoms with Gasteiger partial charge in [0.15, 0.2) is 0 Å². The second kappa shape index (κ2) is 8.60. The van der Waals surface area contributed by atoms with Gasteiger partial charge in [-0.2, -0.15) is 0 Å². The summed E-state index contributed by atoms with van der Waals surface area (Å²) in [7, 11) is 1.29. The molecule has 3 N–H and O–H groups in total. The van der Waals surface area contributed by atoms with E-state index in [0.717, 1.165) is 5.69 Å². The van der Waals surface area contributed by atoms with Crippen LogP contribution < -0.4 is 16.0 Å². The highest BCUT2D eigenvalue weighted by atomic mass is 35.5. The minimum Gasteiger partial charge on any atom is -0.453 e. The first kappa shape index (κ1) is 18.9. The van der Waals surface area contributed by atoms with Crippen molar-refractivity contribution in [1.82, 2.24) is 0 Å². The van der Waals surface area contributed by atoms with Crippen molar-refractivity contribution >= 4 is 52.3 Å². The Labute approximate surface area is 155 Å². The quantitative estimate of drug-likeness (QED) is 0.706. The predicted molar refractivity (Wildman–Crippen MR) is 101 cm³/mol. The molecule has 2 aromatic carbocycles. The van der Waals surface area contributed by atoms with Crippen LogP contribution in [0.15, 0.2) is 42.5 Å². The van der Waals surface area contributed by atoms with Gasteiger partial charge in [-0.1, -0.05) is 29.3 Å². The number of carbonyl (C=O) groups excluding carboxylic acids is 2. The van der Waals surface area contributed by atoms with Crippen LogP contribution in [0.1, 0.15) is 6.92 Å². The topological polar surface area (TPSA) is 79.5 Å². The fraction of sp³-hybridized carbons (Fsp3) is 0.176. The van der Waals surface area contributed by atoms with Gasteiger partial charge in [-0.3, -0.25) is 10.1 Å². The SMILES string of the molecule is COC(=O)Nc1ccc(NC(C)C(=O)Nc2cccc(Cl)c2Cl)cc1. The normalized spacial score (nSPS) is 11.4. The second-order valence-corrected chi connectivity index (χ2v) is 5.94. The summed E-state index contributed by atoms with van der Waals surface area (Å²) in [5, 5.41) is 8.99. The molecule has 25 heavy (non-hydrogen) atoms. The zero-order chi connectivity index (χ0) is 18.4. The molecule has 0 saturated carbocycles. The number of methoxy groups -OCH3 is 1. The van der Waals surface area contributed by atoms with Crippen molar-refractivity contribution in [2.75, 3.05) is 23.1 Å². The van der Waals surface area contributed by atoms with Crippen molar-refractivity contribution < 1.29 is 14.3 Å². The fourth-order valence-electron chi connectivity index (χ4n) is 1.98. The van der Waals surface area contributed by atoms with Crippen LogP contribution in [0.4, 0.5) is 21.9 Å². The molecule has 6 nitrogen and oxygen atoms in total. The van der Waals surface area contributed by atoms with Crippen molar-refractivity contribution in [3.8, 4) is 0 Å². The summed E-state index contributed by atoms with van der Waals surface area (Å²) >= 11 is 12.0. The van der Waals surface area contributed by atoms with Gasteiger partial charge in [0.1, 0.15) is 6.04 Å². The predicted octanol–water partition coefficient (Wildman–Crippen LogP) is 4.61. The van der Waals surface area contributed by atoms with Gasteiger partial charge in [-0.05, 0) is 43.3 Å². The van der Waals surface area contributed by atoms with E-state index >= 15 is 0 Å². The largest absolute Gasteiger partial charge is 0.453 e. The highest BCUT2D eigenvalue weighted by molar-refractivity contribution is 6.44. The summed E-state index contributed by atoms with van der Waals surface area (Å²) in [5.74, 6) is -0.263. The molecule has 0 spiro atoms. The zero-order valence-corrected chi connectivity index (χ0v) is 15.1. The number of amides is 2. The van der Waals surface area contributed by atoms with Crippen molar-refractivity contribution in [3.63, 3.8) is 0 Å². The molecule has 0 heterocycles. The van der Waals surface area contributed by atoms with Crippen LogP contribution >= 0.6 is 23.2 Å². The molecule has 2 aromatic rings. The minimum absolute atomic E-state index is 0.263. The smallest absolute Gasteiger partial charge is 0.411 e. The number of hydrogen-bond donors (Lipinski definition) is 3. The van der Waals surface area contributed by atoms with Gasteiger partial charge >= 0.3 is 6.09 Å². The van der Waals surface area contributed by atoms with E-state index in [1.807, 2.05) is 0 Å². The Morgan fingerprint density at radius 3 is 2.28 bits per heavy atom. The Bertz CT molecular complexity index is 766. The first-order chi connectivity index (χ1) is 11.9. The number of halogens is 2. The minimum atomic E-state index is -0.549. The van der Waals surface area contributed by atoms with Gasteiger partial charge in [0.25, 0.3) is 0 Å². The summed E-state index contributed by atoms with van der Waals surface area (Å²) in [6, 6.07) is 11.4. The maximum Gasteiger partial charge on any atom is 0.411 e. The molecular weight excluding hydrogens is 365 g/mol. The van der Waals surface area contributed by atoms with E-state index in [1.165, 1.54) is 7.11 Å². The average molecular weight is 382 g/mol. The summed E-state index contributed by atoms with van der Waals surface area (Å²) in [4.78, 5) is 23.4. The number of rotatable bonds is 5. The highest BCUT2D eigenvalue weighted by Crippen LogP contribution is 2.29. The summed E-state index contributed by atoms with van der Waals surface area (Å²) in [6.45, 7) is 1.72. The van der Waals surface area contributed by atoms with Crippen molar-refractivity contribution in [1.29, 1.82) is 0 Å². The highest BCUT2D eigenvalue weighted by Gasteiger charge is 2.15. The third-order valence-electron chi connectivity index (χ3n) is 3.30. The standard InChI is InChI=1S/C17H17Cl2N3O3/c1-10(16(23)22-14-5-3-4-13(18)15(14)19)20-11-6-8-12(9-7-11)21-17(24)25-2/h3-10,20H,1-2H3,(H,21,24)(H,22,23). The molecule has 0 saturated heterocycles. The number of ether oxygens (including phenoxy) is 1. The van der Waals surface area contributed by atoms with Crippen LogP contribution in [-0.4, -0.2) is 25.2 Å².